The van der Waals surface area contributed by atoms with E-state index < -0.39 is 0 Å². The zero-order valence-corrected chi connectivity index (χ0v) is 7.59. The van der Waals surface area contributed by atoms with E-state index in [9.17, 15) is 0 Å². The number of hydrogen-bond acceptors (Lipinski definition) is 3. The van der Waals surface area contributed by atoms with E-state index in [1.54, 1.807) is 0 Å². The third kappa shape index (κ3) is 5.52. The van der Waals surface area contributed by atoms with E-state index in [2.05, 4.69) is 5.32 Å². The molecular formula is C9H19NO2. The lowest BCUT2D eigenvalue weighted by Crippen LogP contribution is -2.21. The molecule has 1 fully saturated rings. The summed E-state index contributed by atoms with van der Waals surface area (Å²) in [5, 5.41) is 11.7. The molecule has 0 aromatic rings. The Morgan fingerprint density at radius 1 is 1.33 bits per heavy atom. The van der Waals surface area contributed by atoms with E-state index in [4.69, 9.17) is 9.84 Å². The molecule has 0 aromatic heterocycles. The minimum absolute atomic E-state index is 0.274. The van der Waals surface area contributed by atoms with Crippen molar-refractivity contribution in [1.29, 1.82) is 0 Å². The van der Waals surface area contributed by atoms with Crippen LogP contribution in [0.1, 0.15) is 19.3 Å². The Labute approximate surface area is 74.1 Å². The van der Waals surface area contributed by atoms with Gasteiger partial charge in [-0.2, -0.15) is 0 Å². The zero-order valence-electron chi connectivity index (χ0n) is 7.59. The number of nitrogens with one attached hydrogen (secondary N) is 1. The van der Waals surface area contributed by atoms with Crippen LogP contribution in [0, 0.1) is 5.92 Å². The van der Waals surface area contributed by atoms with Gasteiger partial charge in [0.15, 0.2) is 0 Å². The first-order valence-electron chi connectivity index (χ1n) is 4.83. The SMILES string of the molecule is OCCCNCCOCC1CC1. The van der Waals surface area contributed by atoms with Crippen molar-refractivity contribution in [3.63, 3.8) is 0 Å². The highest BCUT2D eigenvalue weighted by atomic mass is 16.5. The third-order valence-corrected chi connectivity index (χ3v) is 1.99. The second-order valence-electron chi connectivity index (χ2n) is 3.35. The molecule has 0 amide bonds. The van der Waals surface area contributed by atoms with Crippen LogP contribution in [0.25, 0.3) is 0 Å². The van der Waals surface area contributed by atoms with Crippen molar-refractivity contribution in [1.82, 2.24) is 5.32 Å². The Hall–Kier alpha value is -0.120. The fourth-order valence-electron chi connectivity index (χ4n) is 1.01. The van der Waals surface area contributed by atoms with Crippen LogP contribution in [-0.2, 0) is 4.74 Å². The summed E-state index contributed by atoms with van der Waals surface area (Å²) in [6, 6.07) is 0. The molecule has 0 saturated heterocycles. The van der Waals surface area contributed by atoms with Crippen LogP contribution in [0.2, 0.25) is 0 Å². The molecule has 1 saturated carbocycles. The average molecular weight is 173 g/mol. The molecule has 0 heterocycles. The molecule has 0 unspecified atom stereocenters. The van der Waals surface area contributed by atoms with Crippen molar-refractivity contribution in [3.8, 4) is 0 Å². The molecule has 0 spiro atoms. The van der Waals surface area contributed by atoms with Crippen molar-refractivity contribution >= 4 is 0 Å². The minimum Gasteiger partial charge on any atom is -0.396 e. The molecule has 1 aliphatic rings. The van der Waals surface area contributed by atoms with E-state index in [1.165, 1.54) is 12.8 Å². The first-order chi connectivity index (χ1) is 5.93. The summed E-state index contributed by atoms with van der Waals surface area (Å²) in [5.74, 6) is 0.863. The number of ether oxygens (including phenoxy) is 1. The molecule has 72 valence electrons. The van der Waals surface area contributed by atoms with Crippen molar-refractivity contribution in [3.05, 3.63) is 0 Å². The second kappa shape index (κ2) is 6.40. The van der Waals surface area contributed by atoms with Crippen LogP contribution in [-0.4, -0.2) is 38.0 Å². The van der Waals surface area contributed by atoms with Gasteiger partial charge in [-0.15, -0.1) is 0 Å². The largest absolute Gasteiger partial charge is 0.396 e. The molecule has 0 atom stereocenters. The molecular weight excluding hydrogens is 154 g/mol. The maximum absolute atomic E-state index is 8.48. The van der Waals surface area contributed by atoms with Crippen LogP contribution < -0.4 is 5.32 Å². The highest BCUT2D eigenvalue weighted by molar-refractivity contribution is 4.71. The Bertz CT molecular complexity index is 105. The number of aliphatic hydroxyl groups is 1. The molecule has 12 heavy (non-hydrogen) atoms. The molecule has 0 aromatic carbocycles. The number of rotatable bonds is 8. The highest BCUT2D eigenvalue weighted by Gasteiger charge is 2.20. The smallest absolute Gasteiger partial charge is 0.0591 e. The van der Waals surface area contributed by atoms with Gasteiger partial charge in [0.05, 0.1) is 6.61 Å². The van der Waals surface area contributed by atoms with Gasteiger partial charge in [-0.1, -0.05) is 0 Å². The van der Waals surface area contributed by atoms with Gasteiger partial charge in [0.2, 0.25) is 0 Å². The topological polar surface area (TPSA) is 41.5 Å². The van der Waals surface area contributed by atoms with Crippen molar-refractivity contribution in [2.45, 2.75) is 19.3 Å². The van der Waals surface area contributed by atoms with Crippen LogP contribution in [0.5, 0.6) is 0 Å². The summed E-state index contributed by atoms with van der Waals surface area (Å²) < 4.78 is 5.41. The highest BCUT2D eigenvalue weighted by Crippen LogP contribution is 2.28. The van der Waals surface area contributed by atoms with Crippen molar-refractivity contribution in [2.75, 3.05) is 32.9 Å². The van der Waals surface area contributed by atoms with Crippen LogP contribution in [0.4, 0.5) is 0 Å². The standard InChI is InChI=1S/C9H19NO2/c11-6-1-4-10-5-7-12-8-9-2-3-9/h9-11H,1-8H2. The fourth-order valence-corrected chi connectivity index (χ4v) is 1.01. The molecule has 1 aliphatic carbocycles. The monoisotopic (exact) mass is 173 g/mol. The lowest BCUT2D eigenvalue weighted by Gasteiger charge is -2.04. The molecule has 2 N–H and O–H groups in total. The maximum Gasteiger partial charge on any atom is 0.0591 e. The fraction of sp³-hybridized carbons (Fsp3) is 1.00. The molecule has 0 radical (unpaired) electrons. The van der Waals surface area contributed by atoms with Gasteiger partial charge in [0.25, 0.3) is 0 Å². The quantitative estimate of drug-likeness (QED) is 0.522. The Morgan fingerprint density at radius 2 is 2.17 bits per heavy atom. The normalized spacial score (nSPS) is 16.8. The van der Waals surface area contributed by atoms with E-state index in [1.807, 2.05) is 0 Å². The lowest BCUT2D eigenvalue weighted by molar-refractivity contribution is 0.126. The third-order valence-electron chi connectivity index (χ3n) is 1.99. The van der Waals surface area contributed by atoms with Crippen LogP contribution in [0.3, 0.4) is 0 Å². The van der Waals surface area contributed by atoms with Crippen LogP contribution in [0.15, 0.2) is 0 Å². The average Bonchev–Trinajstić information content (AvgIpc) is 2.87. The predicted octanol–water partition coefficient (Wildman–Crippen LogP) is 0.385. The summed E-state index contributed by atoms with van der Waals surface area (Å²) in [4.78, 5) is 0. The summed E-state index contributed by atoms with van der Waals surface area (Å²) in [6.45, 7) is 3.83. The maximum atomic E-state index is 8.48. The van der Waals surface area contributed by atoms with Crippen molar-refractivity contribution in [2.24, 2.45) is 5.92 Å². The number of hydrogen-bond donors (Lipinski definition) is 2. The van der Waals surface area contributed by atoms with Gasteiger partial charge in [-0.05, 0) is 31.7 Å². The Kier molecular flexibility index (Phi) is 5.32. The molecule has 3 heteroatoms. The molecule has 0 bridgehead atoms. The second-order valence-corrected chi connectivity index (χ2v) is 3.35. The van der Waals surface area contributed by atoms with Gasteiger partial charge in [0, 0.05) is 19.8 Å². The molecule has 0 aliphatic heterocycles. The summed E-state index contributed by atoms with van der Waals surface area (Å²) >= 11 is 0. The van der Waals surface area contributed by atoms with E-state index >= 15 is 0 Å². The lowest BCUT2D eigenvalue weighted by atomic mass is 10.4. The zero-order chi connectivity index (χ0) is 8.65. The Morgan fingerprint density at radius 3 is 2.83 bits per heavy atom. The van der Waals surface area contributed by atoms with E-state index in [0.29, 0.717) is 0 Å². The predicted molar refractivity (Wildman–Crippen MR) is 48.1 cm³/mol. The van der Waals surface area contributed by atoms with E-state index in [-0.39, 0.29) is 6.61 Å². The first-order valence-corrected chi connectivity index (χ1v) is 4.83. The molecule has 3 nitrogen and oxygen atoms in total. The minimum atomic E-state index is 0.274. The summed E-state index contributed by atoms with van der Waals surface area (Å²) in [5.41, 5.74) is 0. The van der Waals surface area contributed by atoms with Crippen molar-refractivity contribution < 1.29 is 9.84 Å². The van der Waals surface area contributed by atoms with Crippen LogP contribution >= 0.6 is 0 Å². The number of aliphatic hydroxyl groups excluding tert-OH is 1. The first kappa shape index (κ1) is 9.96. The molecule has 1 rings (SSSR count). The van der Waals surface area contributed by atoms with Gasteiger partial charge in [0.1, 0.15) is 0 Å². The van der Waals surface area contributed by atoms with E-state index in [0.717, 1.165) is 38.6 Å². The van der Waals surface area contributed by atoms with Gasteiger partial charge in [-0.25, -0.2) is 0 Å². The Balaban J connectivity index is 1.65. The summed E-state index contributed by atoms with van der Waals surface area (Å²) in [6.07, 6.45) is 3.55. The van der Waals surface area contributed by atoms with Gasteiger partial charge < -0.3 is 15.2 Å². The van der Waals surface area contributed by atoms with Gasteiger partial charge in [-0.3, -0.25) is 0 Å². The summed E-state index contributed by atoms with van der Waals surface area (Å²) in [7, 11) is 0. The van der Waals surface area contributed by atoms with Gasteiger partial charge >= 0.3 is 0 Å².